The van der Waals surface area contributed by atoms with Crippen molar-refractivity contribution in [3.8, 4) is 6.07 Å². The molecule has 0 aliphatic heterocycles. The third-order valence-electron chi connectivity index (χ3n) is 2.78. The number of aliphatic hydroxyl groups excluding tert-OH is 1. The number of carbonyl (C=O) groups is 1. The van der Waals surface area contributed by atoms with E-state index in [2.05, 4.69) is 11.4 Å². The van der Waals surface area contributed by atoms with Gasteiger partial charge in [-0.2, -0.15) is 5.26 Å². The van der Waals surface area contributed by atoms with Crippen molar-refractivity contribution in [2.24, 2.45) is 5.41 Å². The predicted octanol–water partition coefficient (Wildman–Crippen LogP) is -0.196. The second kappa shape index (κ2) is 5.10. The number of hydrogen-bond acceptors (Lipinski definition) is 4. The highest BCUT2D eigenvalue weighted by atomic mass is 16.5. The van der Waals surface area contributed by atoms with Crippen molar-refractivity contribution in [3.05, 3.63) is 0 Å². The Morgan fingerprint density at radius 3 is 2.73 bits per heavy atom. The molecule has 0 aromatic rings. The monoisotopic (exact) mass is 212 g/mol. The zero-order chi connectivity index (χ0) is 11.3. The van der Waals surface area contributed by atoms with Crippen LogP contribution in [0.3, 0.4) is 0 Å². The van der Waals surface area contributed by atoms with E-state index in [1.165, 1.54) is 7.11 Å². The second-order valence-electron chi connectivity index (χ2n) is 3.86. The van der Waals surface area contributed by atoms with Gasteiger partial charge in [-0.05, 0) is 19.3 Å². The summed E-state index contributed by atoms with van der Waals surface area (Å²) in [5, 5.41) is 20.5. The summed E-state index contributed by atoms with van der Waals surface area (Å²) < 4.78 is 4.84. The molecule has 84 valence electrons. The van der Waals surface area contributed by atoms with Gasteiger partial charge in [-0.1, -0.05) is 0 Å². The first-order valence-corrected chi connectivity index (χ1v) is 5.00. The molecule has 1 rings (SSSR count). The summed E-state index contributed by atoms with van der Waals surface area (Å²) in [6.07, 6.45) is 2.13. The molecule has 0 saturated heterocycles. The number of nitriles is 1. The average Bonchev–Trinajstić information content (AvgIpc) is 2.16. The summed E-state index contributed by atoms with van der Waals surface area (Å²) in [5.41, 5.74) is -0.860. The fourth-order valence-electron chi connectivity index (χ4n) is 1.58. The maximum atomic E-state index is 11.7. The molecule has 15 heavy (non-hydrogen) atoms. The number of hydrogen-bond donors (Lipinski definition) is 2. The van der Waals surface area contributed by atoms with Crippen molar-refractivity contribution in [2.45, 2.75) is 25.3 Å². The van der Waals surface area contributed by atoms with Gasteiger partial charge in [0.2, 0.25) is 5.91 Å². The Kier molecular flexibility index (Phi) is 4.06. The van der Waals surface area contributed by atoms with Crippen LogP contribution in [-0.2, 0) is 9.53 Å². The number of carbonyl (C=O) groups excluding carboxylic acids is 1. The molecule has 0 aromatic heterocycles. The van der Waals surface area contributed by atoms with Crippen molar-refractivity contribution >= 4 is 5.91 Å². The van der Waals surface area contributed by atoms with Gasteiger partial charge in [0.05, 0.1) is 25.3 Å². The lowest BCUT2D eigenvalue weighted by Gasteiger charge is -2.34. The van der Waals surface area contributed by atoms with Crippen LogP contribution < -0.4 is 5.32 Å². The topological polar surface area (TPSA) is 82.3 Å². The van der Waals surface area contributed by atoms with Crippen LogP contribution in [0.25, 0.3) is 0 Å². The average molecular weight is 212 g/mol. The van der Waals surface area contributed by atoms with Crippen LogP contribution in [0, 0.1) is 16.7 Å². The molecule has 0 radical (unpaired) electrons. The van der Waals surface area contributed by atoms with Crippen molar-refractivity contribution in [1.29, 1.82) is 5.26 Å². The van der Waals surface area contributed by atoms with Gasteiger partial charge in [-0.3, -0.25) is 4.79 Å². The van der Waals surface area contributed by atoms with E-state index in [0.29, 0.717) is 12.8 Å². The molecule has 0 heterocycles. The fraction of sp³-hybridized carbons (Fsp3) is 0.800. The Hall–Kier alpha value is -1.12. The number of nitrogens with zero attached hydrogens (tertiary/aromatic N) is 1. The van der Waals surface area contributed by atoms with E-state index >= 15 is 0 Å². The van der Waals surface area contributed by atoms with E-state index in [9.17, 15) is 4.79 Å². The first-order chi connectivity index (χ1) is 7.18. The zero-order valence-electron chi connectivity index (χ0n) is 8.82. The molecule has 0 aromatic carbocycles. The van der Waals surface area contributed by atoms with Crippen LogP contribution in [0.15, 0.2) is 0 Å². The van der Waals surface area contributed by atoms with Gasteiger partial charge >= 0.3 is 0 Å². The highest BCUT2D eigenvalue weighted by molar-refractivity contribution is 5.86. The van der Waals surface area contributed by atoms with Crippen molar-refractivity contribution in [1.82, 2.24) is 5.32 Å². The molecule has 0 spiro atoms. The minimum atomic E-state index is -0.860. The number of methoxy groups -OCH3 is 1. The standard InChI is InChI=1S/C10H16N2O3/c1-15-6-8(5-13)12-9(14)10(7-11)3-2-4-10/h8,13H,2-6H2,1H3,(H,12,14). The quantitative estimate of drug-likeness (QED) is 0.661. The summed E-state index contributed by atoms with van der Waals surface area (Å²) >= 11 is 0. The largest absolute Gasteiger partial charge is 0.394 e. The van der Waals surface area contributed by atoms with E-state index in [1.807, 2.05) is 0 Å². The highest BCUT2D eigenvalue weighted by Gasteiger charge is 2.45. The lowest BCUT2D eigenvalue weighted by molar-refractivity contribution is -0.133. The molecule has 1 saturated carbocycles. The lowest BCUT2D eigenvalue weighted by Crippen LogP contribution is -2.50. The molecule has 0 bridgehead atoms. The lowest BCUT2D eigenvalue weighted by atomic mass is 9.69. The van der Waals surface area contributed by atoms with E-state index in [4.69, 9.17) is 15.1 Å². The molecule has 1 unspecified atom stereocenters. The molecule has 1 aliphatic carbocycles. The molecule has 5 nitrogen and oxygen atoms in total. The van der Waals surface area contributed by atoms with Crippen LogP contribution in [-0.4, -0.2) is 37.4 Å². The van der Waals surface area contributed by atoms with Gasteiger partial charge in [0.25, 0.3) is 0 Å². The van der Waals surface area contributed by atoms with Crippen molar-refractivity contribution < 1.29 is 14.6 Å². The van der Waals surface area contributed by atoms with Crippen LogP contribution in [0.5, 0.6) is 0 Å². The first-order valence-electron chi connectivity index (χ1n) is 5.00. The molecular weight excluding hydrogens is 196 g/mol. The Bertz CT molecular complexity index is 268. The van der Waals surface area contributed by atoms with Gasteiger partial charge in [0.1, 0.15) is 5.41 Å². The summed E-state index contributed by atoms with van der Waals surface area (Å²) in [7, 11) is 1.50. The van der Waals surface area contributed by atoms with Crippen molar-refractivity contribution in [3.63, 3.8) is 0 Å². The van der Waals surface area contributed by atoms with Crippen LogP contribution >= 0.6 is 0 Å². The molecule has 1 aliphatic rings. The normalized spacial score (nSPS) is 19.8. The van der Waals surface area contributed by atoms with Gasteiger partial charge in [-0.15, -0.1) is 0 Å². The smallest absolute Gasteiger partial charge is 0.240 e. The SMILES string of the molecule is COCC(CO)NC(=O)C1(C#N)CCC1. The maximum absolute atomic E-state index is 11.7. The summed E-state index contributed by atoms with van der Waals surface area (Å²) in [6, 6.07) is 1.63. The fourth-order valence-corrected chi connectivity index (χ4v) is 1.58. The summed E-state index contributed by atoms with van der Waals surface area (Å²) in [5.74, 6) is -0.285. The maximum Gasteiger partial charge on any atom is 0.240 e. The van der Waals surface area contributed by atoms with Crippen molar-refractivity contribution in [2.75, 3.05) is 20.3 Å². The van der Waals surface area contributed by atoms with Gasteiger partial charge in [0.15, 0.2) is 0 Å². The molecular formula is C10H16N2O3. The number of ether oxygens (including phenoxy) is 1. The van der Waals surface area contributed by atoms with Gasteiger partial charge in [0, 0.05) is 7.11 Å². The molecule has 2 N–H and O–H groups in total. The zero-order valence-corrected chi connectivity index (χ0v) is 8.82. The Morgan fingerprint density at radius 1 is 1.73 bits per heavy atom. The Balaban J connectivity index is 2.50. The molecule has 1 fully saturated rings. The Morgan fingerprint density at radius 2 is 2.40 bits per heavy atom. The van der Waals surface area contributed by atoms with Gasteiger partial charge in [-0.25, -0.2) is 0 Å². The first kappa shape index (κ1) is 12.0. The molecule has 5 heteroatoms. The minimum Gasteiger partial charge on any atom is -0.394 e. The second-order valence-corrected chi connectivity index (χ2v) is 3.86. The van der Waals surface area contributed by atoms with Crippen LogP contribution in [0.2, 0.25) is 0 Å². The van der Waals surface area contributed by atoms with Gasteiger partial charge < -0.3 is 15.2 Å². The van der Waals surface area contributed by atoms with Crippen LogP contribution in [0.1, 0.15) is 19.3 Å². The number of aliphatic hydroxyl groups is 1. The third-order valence-corrected chi connectivity index (χ3v) is 2.78. The van der Waals surface area contributed by atoms with E-state index in [1.54, 1.807) is 0 Å². The highest BCUT2D eigenvalue weighted by Crippen LogP contribution is 2.40. The van der Waals surface area contributed by atoms with E-state index in [-0.39, 0.29) is 19.1 Å². The molecule has 1 atom stereocenters. The van der Waals surface area contributed by atoms with E-state index < -0.39 is 11.5 Å². The molecule has 1 amide bonds. The third kappa shape index (κ3) is 2.46. The van der Waals surface area contributed by atoms with E-state index in [0.717, 1.165) is 6.42 Å². The predicted molar refractivity (Wildman–Crippen MR) is 52.8 cm³/mol. The Labute approximate surface area is 89.0 Å². The number of amides is 1. The van der Waals surface area contributed by atoms with Crippen LogP contribution in [0.4, 0.5) is 0 Å². The number of nitrogens with one attached hydrogen (secondary N) is 1. The minimum absolute atomic E-state index is 0.179. The summed E-state index contributed by atoms with van der Waals surface area (Å²) in [6.45, 7) is 0.0742. The summed E-state index contributed by atoms with van der Waals surface area (Å²) in [4.78, 5) is 11.7. The number of rotatable bonds is 5.